The minimum absolute atomic E-state index is 0.130. The third kappa shape index (κ3) is 4.12. The van der Waals surface area contributed by atoms with E-state index in [-0.39, 0.29) is 22.9 Å². The lowest BCUT2D eigenvalue weighted by Gasteiger charge is -2.30. The van der Waals surface area contributed by atoms with Gasteiger partial charge in [0.2, 0.25) is 0 Å². The van der Waals surface area contributed by atoms with Gasteiger partial charge in [-0.05, 0) is 68.2 Å². The van der Waals surface area contributed by atoms with Gasteiger partial charge in [0, 0.05) is 12.2 Å². The molecular formula is C17H20ClN3O2. The number of furan rings is 1. The van der Waals surface area contributed by atoms with Crippen molar-refractivity contribution in [1.29, 1.82) is 0 Å². The molecule has 6 heteroatoms. The molecule has 0 aliphatic carbocycles. The Morgan fingerprint density at radius 1 is 1.30 bits per heavy atom. The average molecular weight is 334 g/mol. The fraction of sp³-hybridized carbons (Fsp3) is 0.412. The lowest BCUT2D eigenvalue weighted by molar-refractivity contribution is 0.0609. The Hall–Kier alpha value is -1.85. The SMILES string of the molecule is O=C(c1ccc(Cl)o1)N(Cc1ccccn1)[C@@H]1CCCNCC1. The Kier molecular flexibility index (Phi) is 5.31. The molecule has 1 amide bonds. The fourth-order valence-electron chi connectivity index (χ4n) is 2.92. The highest BCUT2D eigenvalue weighted by molar-refractivity contribution is 6.29. The number of carbonyl (C=O) groups is 1. The van der Waals surface area contributed by atoms with Crippen LogP contribution in [0.25, 0.3) is 0 Å². The molecule has 1 atom stereocenters. The summed E-state index contributed by atoms with van der Waals surface area (Å²) in [5.74, 6) is 0.151. The predicted molar refractivity (Wildman–Crippen MR) is 88.3 cm³/mol. The molecule has 23 heavy (non-hydrogen) atoms. The summed E-state index contributed by atoms with van der Waals surface area (Å²) in [6.07, 6.45) is 4.69. The summed E-state index contributed by atoms with van der Waals surface area (Å²) in [6, 6.07) is 9.14. The number of hydrogen-bond acceptors (Lipinski definition) is 4. The molecule has 3 heterocycles. The second kappa shape index (κ2) is 7.62. The van der Waals surface area contributed by atoms with Gasteiger partial charge in [-0.3, -0.25) is 9.78 Å². The first-order chi connectivity index (χ1) is 11.2. The lowest BCUT2D eigenvalue weighted by Crippen LogP contribution is -2.40. The highest BCUT2D eigenvalue weighted by atomic mass is 35.5. The van der Waals surface area contributed by atoms with Gasteiger partial charge in [0.25, 0.3) is 5.91 Å². The summed E-state index contributed by atoms with van der Waals surface area (Å²) in [5, 5.41) is 3.61. The Balaban J connectivity index is 1.84. The van der Waals surface area contributed by atoms with E-state index in [4.69, 9.17) is 16.0 Å². The van der Waals surface area contributed by atoms with E-state index < -0.39 is 0 Å². The van der Waals surface area contributed by atoms with E-state index in [1.54, 1.807) is 18.3 Å². The summed E-state index contributed by atoms with van der Waals surface area (Å²) in [6.45, 7) is 2.38. The zero-order valence-corrected chi connectivity index (χ0v) is 13.6. The van der Waals surface area contributed by atoms with Crippen LogP contribution >= 0.6 is 11.6 Å². The molecule has 1 N–H and O–H groups in total. The van der Waals surface area contributed by atoms with Gasteiger partial charge >= 0.3 is 0 Å². The average Bonchev–Trinajstić information content (AvgIpc) is 2.84. The normalized spacial score (nSPS) is 18.4. The van der Waals surface area contributed by atoms with Crippen LogP contribution in [0, 0.1) is 0 Å². The Morgan fingerprint density at radius 2 is 2.22 bits per heavy atom. The van der Waals surface area contributed by atoms with Crippen LogP contribution in [0.15, 0.2) is 40.9 Å². The smallest absolute Gasteiger partial charge is 0.290 e. The van der Waals surface area contributed by atoms with Crippen LogP contribution in [0.2, 0.25) is 5.22 Å². The van der Waals surface area contributed by atoms with Crippen molar-refractivity contribution < 1.29 is 9.21 Å². The summed E-state index contributed by atoms with van der Waals surface area (Å²) >= 11 is 5.82. The number of nitrogens with zero attached hydrogens (tertiary/aromatic N) is 2. The summed E-state index contributed by atoms with van der Waals surface area (Å²) in [4.78, 5) is 19.1. The Labute approximate surface area is 140 Å². The molecule has 3 rings (SSSR count). The quantitative estimate of drug-likeness (QED) is 0.934. The van der Waals surface area contributed by atoms with Crippen LogP contribution in [0.1, 0.15) is 35.5 Å². The molecule has 0 bridgehead atoms. The largest absolute Gasteiger partial charge is 0.440 e. The zero-order valence-electron chi connectivity index (χ0n) is 12.9. The van der Waals surface area contributed by atoms with Crippen LogP contribution in [0.5, 0.6) is 0 Å². The third-order valence-electron chi connectivity index (χ3n) is 4.09. The third-order valence-corrected chi connectivity index (χ3v) is 4.29. The molecular weight excluding hydrogens is 314 g/mol. The van der Waals surface area contributed by atoms with Crippen LogP contribution in [-0.4, -0.2) is 34.9 Å². The maximum atomic E-state index is 12.9. The number of rotatable bonds is 4. The molecule has 2 aromatic heterocycles. The van der Waals surface area contributed by atoms with Crippen molar-refractivity contribution >= 4 is 17.5 Å². The monoisotopic (exact) mass is 333 g/mol. The molecule has 0 unspecified atom stereocenters. The van der Waals surface area contributed by atoms with Crippen molar-refractivity contribution in [1.82, 2.24) is 15.2 Å². The van der Waals surface area contributed by atoms with E-state index >= 15 is 0 Å². The van der Waals surface area contributed by atoms with Crippen LogP contribution in [0.4, 0.5) is 0 Å². The number of nitrogens with one attached hydrogen (secondary N) is 1. The Morgan fingerprint density at radius 3 is 2.96 bits per heavy atom. The molecule has 0 radical (unpaired) electrons. The summed E-state index contributed by atoms with van der Waals surface area (Å²) in [7, 11) is 0. The van der Waals surface area contributed by atoms with E-state index in [9.17, 15) is 4.79 Å². The van der Waals surface area contributed by atoms with E-state index in [0.29, 0.717) is 6.54 Å². The van der Waals surface area contributed by atoms with Gasteiger partial charge in [-0.2, -0.15) is 0 Å². The van der Waals surface area contributed by atoms with Crippen LogP contribution in [-0.2, 0) is 6.54 Å². The topological polar surface area (TPSA) is 58.4 Å². The van der Waals surface area contributed by atoms with Gasteiger partial charge in [0.15, 0.2) is 11.0 Å². The van der Waals surface area contributed by atoms with Crippen molar-refractivity contribution in [3.8, 4) is 0 Å². The van der Waals surface area contributed by atoms with E-state index in [1.807, 2.05) is 23.1 Å². The molecule has 0 spiro atoms. The van der Waals surface area contributed by atoms with Crippen LogP contribution in [0.3, 0.4) is 0 Å². The van der Waals surface area contributed by atoms with E-state index in [0.717, 1.165) is 38.0 Å². The van der Waals surface area contributed by atoms with Gasteiger partial charge in [0.1, 0.15) is 0 Å². The number of aromatic nitrogens is 1. The standard InChI is InChI=1S/C17H20ClN3O2/c18-16-7-6-15(23-16)17(22)21(12-13-4-1-2-10-20-13)14-5-3-9-19-11-8-14/h1-2,4,6-7,10,14,19H,3,5,8-9,11-12H2/t14-/m1/s1. The molecule has 5 nitrogen and oxygen atoms in total. The first kappa shape index (κ1) is 16.0. The van der Waals surface area contributed by atoms with Gasteiger partial charge < -0.3 is 14.6 Å². The second-order valence-corrected chi connectivity index (χ2v) is 6.07. The van der Waals surface area contributed by atoms with Crippen molar-refractivity contribution in [2.24, 2.45) is 0 Å². The van der Waals surface area contributed by atoms with E-state index in [2.05, 4.69) is 10.3 Å². The van der Waals surface area contributed by atoms with Crippen molar-refractivity contribution in [2.45, 2.75) is 31.8 Å². The number of halogens is 1. The number of carbonyl (C=O) groups excluding carboxylic acids is 1. The Bertz CT molecular complexity index is 636. The van der Waals surface area contributed by atoms with Crippen LogP contribution < -0.4 is 5.32 Å². The molecule has 122 valence electrons. The molecule has 1 fully saturated rings. The number of hydrogen-bond donors (Lipinski definition) is 1. The maximum absolute atomic E-state index is 12.9. The zero-order chi connectivity index (χ0) is 16.1. The molecule has 0 aromatic carbocycles. The summed E-state index contributed by atoms with van der Waals surface area (Å²) < 4.78 is 5.32. The molecule has 1 aliphatic rings. The van der Waals surface area contributed by atoms with Gasteiger partial charge in [-0.15, -0.1) is 0 Å². The predicted octanol–water partition coefficient (Wildman–Crippen LogP) is 3.11. The first-order valence-electron chi connectivity index (χ1n) is 7.91. The van der Waals surface area contributed by atoms with E-state index in [1.165, 1.54) is 0 Å². The van der Waals surface area contributed by atoms with Gasteiger partial charge in [0.05, 0.1) is 12.2 Å². The van der Waals surface area contributed by atoms with Gasteiger partial charge in [-0.1, -0.05) is 6.07 Å². The van der Waals surface area contributed by atoms with Crippen molar-refractivity contribution in [3.05, 3.63) is 53.2 Å². The highest BCUT2D eigenvalue weighted by Crippen LogP contribution is 2.21. The molecule has 0 saturated carbocycles. The lowest BCUT2D eigenvalue weighted by atomic mass is 10.1. The van der Waals surface area contributed by atoms with Crippen molar-refractivity contribution in [2.75, 3.05) is 13.1 Å². The molecule has 2 aromatic rings. The minimum atomic E-state index is -0.130. The number of amides is 1. The summed E-state index contributed by atoms with van der Waals surface area (Å²) in [5.41, 5.74) is 0.871. The minimum Gasteiger partial charge on any atom is -0.440 e. The highest BCUT2D eigenvalue weighted by Gasteiger charge is 2.27. The second-order valence-electron chi connectivity index (χ2n) is 5.69. The first-order valence-corrected chi connectivity index (χ1v) is 8.29. The fourth-order valence-corrected chi connectivity index (χ4v) is 3.06. The number of pyridine rings is 1. The van der Waals surface area contributed by atoms with Crippen molar-refractivity contribution in [3.63, 3.8) is 0 Å². The maximum Gasteiger partial charge on any atom is 0.290 e. The molecule has 1 saturated heterocycles. The van der Waals surface area contributed by atoms with Gasteiger partial charge in [-0.25, -0.2) is 0 Å². The molecule has 1 aliphatic heterocycles.